The first-order valence-electron chi connectivity index (χ1n) is 10.2. The van der Waals surface area contributed by atoms with Gasteiger partial charge >= 0.3 is 0 Å². The first-order valence-corrected chi connectivity index (χ1v) is 10.2. The molecule has 0 amide bonds. The summed E-state index contributed by atoms with van der Waals surface area (Å²) in [6.07, 6.45) is 14.1. The van der Waals surface area contributed by atoms with Gasteiger partial charge in [0, 0.05) is 24.8 Å². The number of anilines is 1. The number of allylic oxidation sites excluding steroid dienone is 2. The van der Waals surface area contributed by atoms with Crippen LogP contribution in [0, 0.1) is 23.2 Å². The van der Waals surface area contributed by atoms with Crippen LogP contribution in [0.1, 0.15) is 48.9 Å². The molecule has 5 aliphatic rings. The van der Waals surface area contributed by atoms with Crippen LogP contribution >= 0.6 is 0 Å². The molecule has 1 aliphatic heterocycles. The molecule has 0 spiro atoms. The van der Waals surface area contributed by atoms with Gasteiger partial charge in [-0.15, -0.1) is 0 Å². The molecule has 0 atom stereocenters. The number of hydrogen-bond acceptors (Lipinski definition) is 4. The molecule has 1 aromatic heterocycles. The summed E-state index contributed by atoms with van der Waals surface area (Å²) in [5.41, 5.74) is 1.01. The zero-order valence-electron chi connectivity index (χ0n) is 15.4. The second-order valence-corrected chi connectivity index (χ2v) is 8.98. The van der Waals surface area contributed by atoms with E-state index in [1.54, 1.807) is 6.20 Å². The van der Waals surface area contributed by atoms with Gasteiger partial charge in [0.25, 0.3) is 0 Å². The molecule has 5 fully saturated rings. The molecule has 1 aromatic rings. The van der Waals surface area contributed by atoms with E-state index in [0.29, 0.717) is 11.0 Å². The van der Waals surface area contributed by atoms with Crippen molar-refractivity contribution in [2.45, 2.75) is 38.5 Å². The molecular formula is C22H28N2O2. The predicted molar refractivity (Wildman–Crippen MR) is 101 cm³/mol. The summed E-state index contributed by atoms with van der Waals surface area (Å²) in [6.45, 7) is 3.23. The molecule has 2 heterocycles. The Labute approximate surface area is 155 Å². The molecule has 0 unspecified atom stereocenters. The van der Waals surface area contributed by atoms with Gasteiger partial charge in [-0.1, -0.05) is 6.08 Å². The van der Waals surface area contributed by atoms with Crippen molar-refractivity contribution in [1.29, 1.82) is 0 Å². The second kappa shape index (κ2) is 6.49. The maximum absolute atomic E-state index is 12.7. The second-order valence-electron chi connectivity index (χ2n) is 8.98. The fourth-order valence-corrected chi connectivity index (χ4v) is 6.24. The van der Waals surface area contributed by atoms with Crippen LogP contribution in [0.3, 0.4) is 0 Å². The van der Waals surface area contributed by atoms with E-state index in [0.717, 1.165) is 49.9 Å². The van der Waals surface area contributed by atoms with E-state index in [9.17, 15) is 4.79 Å². The van der Waals surface area contributed by atoms with Crippen LogP contribution in [-0.4, -0.2) is 37.1 Å². The molecule has 4 nitrogen and oxygen atoms in total. The highest BCUT2D eigenvalue weighted by atomic mass is 16.5. The first-order chi connectivity index (χ1) is 12.7. The van der Waals surface area contributed by atoms with E-state index < -0.39 is 0 Å². The van der Waals surface area contributed by atoms with E-state index >= 15 is 0 Å². The minimum Gasteiger partial charge on any atom is -0.378 e. The van der Waals surface area contributed by atoms with Crippen LogP contribution in [0.2, 0.25) is 0 Å². The quantitative estimate of drug-likeness (QED) is 0.609. The van der Waals surface area contributed by atoms with Crippen molar-refractivity contribution in [1.82, 2.24) is 4.98 Å². The summed E-state index contributed by atoms with van der Waals surface area (Å²) in [6, 6.07) is 3.89. The highest BCUT2D eigenvalue weighted by Crippen LogP contribution is 2.60. The van der Waals surface area contributed by atoms with Gasteiger partial charge < -0.3 is 9.64 Å². The van der Waals surface area contributed by atoms with Crippen LogP contribution in [0.25, 0.3) is 0 Å². The predicted octanol–water partition coefficient (Wildman–Crippen LogP) is 3.87. The molecule has 4 heteroatoms. The standard InChI is InChI=1S/C22H28N2O2/c25-20(19-1-2-21(23-15-19)24-5-7-26-8-6-24)3-4-22-12-16-9-17(13-22)11-18(10-16)14-22/h1-4,15-18H,5-14H2/b4-3+. The number of nitrogens with zero attached hydrogens (tertiary/aromatic N) is 2. The molecule has 26 heavy (non-hydrogen) atoms. The number of ketones is 1. The van der Waals surface area contributed by atoms with Gasteiger partial charge in [-0.05, 0) is 79.9 Å². The lowest BCUT2D eigenvalue weighted by Gasteiger charge is -2.55. The third-order valence-electron chi connectivity index (χ3n) is 7.04. The summed E-state index contributed by atoms with van der Waals surface area (Å²) in [4.78, 5) is 19.4. The lowest BCUT2D eigenvalue weighted by atomic mass is 9.49. The number of pyridine rings is 1. The Kier molecular flexibility index (Phi) is 4.11. The van der Waals surface area contributed by atoms with Gasteiger partial charge in [-0.2, -0.15) is 0 Å². The van der Waals surface area contributed by atoms with Crippen molar-refractivity contribution in [2.24, 2.45) is 23.2 Å². The molecule has 4 saturated carbocycles. The zero-order chi connectivity index (χ0) is 17.6. The maximum Gasteiger partial charge on any atom is 0.187 e. The van der Waals surface area contributed by atoms with Gasteiger partial charge in [0.2, 0.25) is 0 Å². The first kappa shape index (κ1) is 16.5. The van der Waals surface area contributed by atoms with Gasteiger partial charge in [-0.3, -0.25) is 4.79 Å². The number of ether oxygens (including phenoxy) is 1. The van der Waals surface area contributed by atoms with Crippen molar-refractivity contribution in [2.75, 3.05) is 31.2 Å². The van der Waals surface area contributed by atoms with Gasteiger partial charge in [-0.25, -0.2) is 4.98 Å². The minimum atomic E-state index is 0.0989. The Morgan fingerprint density at radius 1 is 1.08 bits per heavy atom. The minimum absolute atomic E-state index is 0.0989. The van der Waals surface area contributed by atoms with E-state index in [1.807, 2.05) is 18.2 Å². The molecule has 4 aliphatic carbocycles. The molecule has 0 aromatic carbocycles. The average Bonchev–Trinajstić information content (AvgIpc) is 2.66. The molecule has 0 radical (unpaired) electrons. The molecule has 1 saturated heterocycles. The third kappa shape index (κ3) is 3.09. The molecular weight excluding hydrogens is 324 g/mol. The van der Waals surface area contributed by atoms with Crippen LogP contribution < -0.4 is 4.90 Å². The summed E-state index contributed by atoms with van der Waals surface area (Å²) in [7, 11) is 0. The normalized spacial score (nSPS) is 36.0. The lowest BCUT2D eigenvalue weighted by Crippen LogP contribution is -2.45. The Balaban J connectivity index is 1.27. The summed E-state index contributed by atoms with van der Waals surface area (Å²) in [5.74, 6) is 3.78. The van der Waals surface area contributed by atoms with Crippen molar-refractivity contribution in [3.63, 3.8) is 0 Å². The van der Waals surface area contributed by atoms with Gasteiger partial charge in [0.05, 0.1) is 13.2 Å². The smallest absolute Gasteiger partial charge is 0.187 e. The third-order valence-corrected chi connectivity index (χ3v) is 7.04. The number of hydrogen-bond donors (Lipinski definition) is 0. The fraction of sp³-hybridized carbons (Fsp3) is 0.636. The molecule has 6 rings (SSSR count). The maximum atomic E-state index is 12.7. The summed E-state index contributed by atoms with van der Waals surface area (Å²) in [5, 5.41) is 0. The molecule has 4 bridgehead atoms. The van der Waals surface area contributed by atoms with E-state index in [1.165, 1.54) is 38.5 Å². The Hall–Kier alpha value is -1.68. The SMILES string of the molecule is O=C(/C=C/C12CC3CC(CC(C3)C1)C2)c1ccc(N2CCOCC2)nc1. The van der Waals surface area contributed by atoms with E-state index in [-0.39, 0.29) is 5.78 Å². The summed E-state index contributed by atoms with van der Waals surface area (Å²) >= 11 is 0. The number of carbonyl (C=O) groups excluding carboxylic acids is 1. The number of rotatable bonds is 4. The van der Waals surface area contributed by atoms with Gasteiger partial charge in [0.1, 0.15) is 5.82 Å². The van der Waals surface area contributed by atoms with Crippen molar-refractivity contribution >= 4 is 11.6 Å². The number of morpholine rings is 1. The van der Waals surface area contributed by atoms with Crippen LogP contribution in [-0.2, 0) is 4.74 Å². The Morgan fingerprint density at radius 2 is 1.73 bits per heavy atom. The Morgan fingerprint density at radius 3 is 2.31 bits per heavy atom. The average molecular weight is 352 g/mol. The van der Waals surface area contributed by atoms with E-state index in [2.05, 4.69) is 16.0 Å². The molecule has 138 valence electrons. The zero-order valence-corrected chi connectivity index (χ0v) is 15.4. The van der Waals surface area contributed by atoms with Crippen LogP contribution in [0.4, 0.5) is 5.82 Å². The highest BCUT2D eigenvalue weighted by Gasteiger charge is 2.49. The van der Waals surface area contributed by atoms with Crippen LogP contribution in [0.15, 0.2) is 30.5 Å². The van der Waals surface area contributed by atoms with Crippen molar-refractivity contribution in [3.8, 4) is 0 Å². The van der Waals surface area contributed by atoms with Gasteiger partial charge in [0.15, 0.2) is 5.78 Å². The largest absolute Gasteiger partial charge is 0.378 e. The van der Waals surface area contributed by atoms with Crippen molar-refractivity contribution in [3.05, 3.63) is 36.0 Å². The monoisotopic (exact) mass is 352 g/mol. The number of carbonyl (C=O) groups is 1. The van der Waals surface area contributed by atoms with Crippen LogP contribution in [0.5, 0.6) is 0 Å². The highest BCUT2D eigenvalue weighted by molar-refractivity contribution is 6.04. The summed E-state index contributed by atoms with van der Waals surface area (Å²) < 4.78 is 5.38. The Bertz CT molecular complexity index is 668. The topological polar surface area (TPSA) is 42.4 Å². The fourth-order valence-electron chi connectivity index (χ4n) is 6.24. The number of aromatic nitrogens is 1. The lowest BCUT2D eigenvalue weighted by molar-refractivity contribution is -0.0238. The molecule has 0 N–H and O–H groups in total. The van der Waals surface area contributed by atoms with Crippen molar-refractivity contribution < 1.29 is 9.53 Å². The van der Waals surface area contributed by atoms with E-state index in [4.69, 9.17) is 4.74 Å².